The van der Waals surface area contributed by atoms with Gasteiger partial charge >= 0.3 is 0 Å². The molecule has 0 aliphatic heterocycles. The molecule has 2 nitrogen and oxygen atoms in total. The minimum atomic E-state index is -0.562. The highest BCUT2D eigenvalue weighted by molar-refractivity contribution is 5.85. The van der Waals surface area contributed by atoms with Gasteiger partial charge in [-0.15, -0.1) is 0 Å². The molecule has 102 valence electrons. The lowest BCUT2D eigenvalue weighted by Crippen LogP contribution is -1.99. The molecule has 0 amide bonds. The van der Waals surface area contributed by atoms with Crippen LogP contribution in [0.3, 0.4) is 0 Å². The molecule has 3 aromatic carbocycles. The number of nitrogens with zero attached hydrogens (tertiary/aromatic N) is 1. The molecule has 0 unspecified atom stereocenters. The highest BCUT2D eigenvalue weighted by Crippen LogP contribution is 2.24. The smallest absolute Gasteiger partial charge is 0.144 e. The van der Waals surface area contributed by atoms with E-state index in [2.05, 4.69) is 0 Å². The zero-order valence-corrected chi connectivity index (χ0v) is 11.2. The lowest BCUT2D eigenvalue weighted by atomic mass is 10.1. The molecule has 3 rings (SSSR count). The summed E-state index contributed by atoms with van der Waals surface area (Å²) in [6, 6.07) is 20.2. The van der Waals surface area contributed by atoms with Crippen molar-refractivity contribution >= 4 is 10.8 Å². The van der Waals surface area contributed by atoms with Crippen LogP contribution in [-0.4, -0.2) is 0 Å². The molecular weight excluding hydrogens is 265 g/mol. The average Bonchev–Trinajstić information content (AvgIpc) is 2.53. The Hall–Kier alpha value is -2.86. The Balaban J connectivity index is 1.91. The molecule has 0 atom stereocenters. The van der Waals surface area contributed by atoms with E-state index in [4.69, 9.17) is 10.00 Å². The maximum atomic E-state index is 13.5. The molecule has 0 aliphatic carbocycles. The molecule has 3 aromatic rings. The molecule has 0 fully saturated rings. The average molecular weight is 277 g/mol. The predicted molar refractivity (Wildman–Crippen MR) is 79.4 cm³/mol. The molecule has 0 saturated heterocycles. The summed E-state index contributed by atoms with van der Waals surface area (Å²) < 4.78 is 19.2. The SMILES string of the molecule is N#Cc1c(F)cccc1OCc1cccc2ccccc12. The van der Waals surface area contributed by atoms with Gasteiger partial charge in [-0.2, -0.15) is 5.26 Å². The Morgan fingerprint density at radius 1 is 0.952 bits per heavy atom. The maximum absolute atomic E-state index is 13.5. The molecule has 0 aliphatic rings. The van der Waals surface area contributed by atoms with Crippen molar-refractivity contribution in [2.24, 2.45) is 0 Å². The molecule has 0 aromatic heterocycles. The molecule has 0 N–H and O–H groups in total. The lowest BCUT2D eigenvalue weighted by Gasteiger charge is -2.10. The van der Waals surface area contributed by atoms with Gasteiger partial charge in [-0.25, -0.2) is 4.39 Å². The van der Waals surface area contributed by atoms with Crippen LogP contribution in [0.4, 0.5) is 4.39 Å². The van der Waals surface area contributed by atoms with Gasteiger partial charge in [-0.1, -0.05) is 48.5 Å². The first-order valence-corrected chi connectivity index (χ1v) is 6.57. The van der Waals surface area contributed by atoms with Crippen molar-refractivity contribution in [1.29, 1.82) is 5.26 Å². The van der Waals surface area contributed by atoms with E-state index in [0.717, 1.165) is 16.3 Å². The Bertz CT molecular complexity index is 831. The Morgan fingerprint density at radius 3 is 2.57 bits per heavy atom. The van der Waals surface area contributed by atoms with E-state index in [1.54, 1.807) is 6.07 Å². The third kappa shape index (κ3) is 2.56. The van der Waals surface area contributed by atoms with Crippen molar-refractivity contribution in [2.75, 3.05) is 0 Å². The van der Waals surface area contributed by atoms with E-state index >= 15 is 0 Å². The molecule has 0 radical (unpaired) electrons. The summed E-state index contributed by atoms with van der Waals surface area (Å²) in [5, 5.41) is 11.2. The number of benzene rings is 3. The molecule has 3 heteroatoms. The number of nitriles is 1. The molecule has 21 heavy (non-hydrogen) atoms. The van der Waals surface area contributed by atoms with Gasteiger partial charge in [-0.05, 0) is 28.5 Å². The van der Waals surface area contributed by atoms with Crippen molar-refractivity contribution in [2.45, 2.75) is 6.61 Å². The first-order chi connectivity index (χ1) is 10.3. The summed E-state index contributed by atoms with van der Waals surface area (Å²) >= 11 is 0. The van der Waals surface area contributed by atoms with Crippen LogP contribution in [0.15, 0.2) is 60.7 Å². The van der Waals surface area contributed by atoms with Gasteiger partial charge in [0.05, 0.1) is 0 Å². The number of fused-ring (bicyclic) bond motifs is 1. The molecule has 0 heterocycles. The molecule has 0 saturated carbocycles. The maximum Gasteiger partial charge on any atom is 0.144 e. The summed E-state index contributed by atoms with van der Waals surface area (Å²) in [7, 11) is 0. The largest absolute Gasteiger partial charge is 0.487 e. The van der Waals surface area contributed by atoms with E-state index in [0.29, 0.717) is 6.61 Å². The van der Waals surface area contributed by atoms with E-state index in [-0.39, 0.29) is 11.3 Å². The van der Waals surface area contributed by atoms with Crippen molar-refractivity contribution in [3.8, 4) is 11.8 Å². The second-order valence-corrected chi connectivity index (χ2v) is 4.65. The van der Waals surface area contributed by atoms with Crippen LogP contribution in [0.5, 0.6) is 5.75 Å². The molecular formula is C18H12FNO. The minimum Gasteiger partial charge on any atom is -0.487 e. The number of hydrogen-bond acceptors (Lipinski definition) is 2. The summed E-state index contributed by atoms with van der Waals surface area (Å²) in [5.74, 6) is -0.293. The topological polar surface area (TPSA) is 33.0 Å². The highest BCUT2D eigenvalue weighted by Gasteiger charge is 2.09. The highest BCUT2D eigenvalue weighted by atomic mass is 19.1. The molecule has 0 spiro atoms. The normalized spacial score (nSPS) is 10.3. The first kappa shape index (κ1) is 13.1. The number of rotatable bonds is 3. The fourth-order valence-corrected chi connectivity index (χ4v) is 2.31. The Morgan fingerprint density at radius 2 is 1.71 bits per heavy atom. The summed E-state index contributed by atoms with van der Waals surface area (Å²) in [4.78, 5) is 0. The molecule has 0 bridgehead atoms. The van der Waals surface area contributed by atoms with Gasteiger partial charge in [0.15, 0.2) is 0 Å². The summed E-state index contributed by atoms with van der Waals surface area (Å²) in [6.07, 6.45) is 0. The van der Waals surface area contributed by atoms with Gasteiger partial charge in [0, 0.05) is 0 Å². The zero-order valence-electron chi connectivity index (χ0n) is 11.2. The minimum absolute atomic E-state index is 0.0577. The van der Waals surface area contributed by atoms with Gasteiger partial charge in [-0.3, -0.25) is 0 Å². The summed E-state index contributed by atoms with van der Waals surface area (Å²) in [5.41, 5.74) is 0.944. The lowest BCUT2D eigenvalue weighted by molar-refractivity contribution is 0.305. The van der Waals surface area contributed by atoms with E-state index in [1.165, 1.54) is 12.1 Å². The van der Waals surface area contributed by atoms with Crippen molar-refractivity contribution in [3.63, 3.8) is 0 Å². The third-order valence-corrected chi connectivity index (χ3v) is 3.35. The van der Waals surface area contributed by atoms with Gasteiger partial charge < -0.3 is 4.74 Å². The van der Waals surface area contributed by atoms with Crippen LogP contribution in [0.2, 0.25) is 0 Å². The van der Waals surface area contributed by atoms with Crippen LogP contribution >= 0.6 is 0 Å². The van der Waals surface area contributed by atoms with Crippen LogP contribution in [0.25, 0.3) is 10.8 Å². The van der Waals surface area contributed by atoms with Crippen LogP contribution in [-0.2, 0) is 6.61 Å². The van der Waals surface area contributed by atoms with Crippen LogP contribution in [0.1, 0.15) is 11.1 Å². The van der Waals surface area contributed by atoms with E-state index < -0.39 is 5.82 Å². The van der Waals surface area contributed by atoms with Crippen LogP contribution < -0.4 is 4.74 Å². The Kier molecular flexibility index (Phi) is 3.53. The van der Waals surface area contributed by atoms with E-state index in [1.807, 2.05) is 48.5 Å². The Labute approximate surface area is 122 Å². The zero-order chi connectivity index (χ0) is 14.7. The van der Waals surface area contributed by atoms with E-state index in [9.17, 15) is 4.39 Å². The quantitative estimate of drug-likeness (QED) is 0.709. The number of halogens is 1. The van der Waals surface area contributed by atoms with Gasteiger partial charge in [0.1, 0.15) is 29.8 Å². The van der Waals surface area contributed by atoms with Gasteiger partial charge in [0.2, 0.25) is 0 Å². The first-order valence-electron chi connectivity index (χ1n) is 6.57. The number of ether oxygens (including phenoxy) is 1. The fourth-order valence-electron chi connectivity index (χ4n) is 2.31. The second-order valence-electron chi connectivity index (χ2n) is 4.65. The monoisotopic (exact) mass is 277 g/mol. The predicted octanol–water partition coefficient (Wildman–Crippen LogP) is 4.43. The second kappa shape index (κ2) is 5.64. The van der Waals surface area contributed by atoms with Crippen molar-refractivity contribution in [3.05, 3.63) is 77.6 Å². The van der Waals surface area contributed by atoms with Crippen molar-refractivity contribution < 1.29 is 9.13 Å². The van der Waals surface area contributed by atoms with Crippen LogP contribution in [0, 0.1) is 17.1 Å². The van der Waals surface area contributed by atoms with Gasteiger partial charge in [0.25, 0.3) is 0 Å². The third-order valence-electron chi connectivity index (χ3n) is 3.35. The number of hydrogen-bond donors (Lipinski definition) is 0. The fraction of sp³-hybridized carbons (Fsp3) is 0.0556. The van der Waals surface area contributed by atoms with Crippen molar-refractivity contribution in [1.82, 2.24) is 0 Å². The standard InChI is InChI=1S/C18H12FNO/c19-17-9-4-10-18(16(17)11-20)21-12-14-7-3-6-13-5-1-2-8-15(13)14/h1-10H,12H2. The summed E-state index contributed by atoms with van der Waals surface area (Å²) in [6.45, 7) is 0.291.